The van der Waals surface area contributed by atoms with E-state index in [0.717, 1.165) is 12.7 Å². The van der Waals surface area contributed by atoms with Gasteiger partial charge in [-0.15, -0.1) is 0 Å². The van der Waals surface area contributed by atoms with E-state index < -0.39 is 22.0 Å². The summed E-state index contributed by atoms with van der Waals surface area (Å²) in [6, 6.07) is -0.405. The first-order valence-corrected chi connectivity index (χ1v) is 7.74. The first-order valence-electron chi connectivity index (χ1n) is 5.89. The second-order valence-electron chi connectivity index (χ2n) is 4.47. The summed E-state index contributed by atoms with van der Waals surface area (Å²) in [5.41, 5.74) is 0. The van der Waals surface area contributed by atoms with E-state index in [1.807, 2.05) is 0 Å². The molecule has 9 heteroatoms. The SMILES string of the molecule is CS(=O)(=O)N1CCCC1c1noc(CCC(=O)O)n1. The van der Waals surface area contributed by atoms with Crippen molar-refractivity contribution in [3.05, 3.63) is 11.7 Å². The topological polar surface area (TPSA) is 114 Å². The fourth-order valence-corrected chi connectivity index (χ4v) is 3.24. The van der Waals surface area contributed by atoms with Crippen LogP contribution in [0, 0.1) is 0 Å². The summed E-state index contributed by atoms with van der Waals surface area (Å²) in [6.07, 6.45) is 2.59. The van der Waals surface area contributed by atoms with Crippen LogP contribution in [0.15, 0.2) is 4.52 Å². The molecule has 106 valence electrons. The predicted octanol–water partition coefficient (Wildman–Crippen LogP) is 0.183. The molecule has 0 bridgehead atoms. The number of aromatic nitrogens is 2. The van der Waals surface area contributed by atoms with Crippen LogP contribution in [0.25, 0.3) is 0 Å². The van der Waals surface area contributed by atoms with E-state index in [1.165, 1.54) is 4.31 Å². The van der Waals surface area contributed by atoms with Crippen LogP contribution < -0.4 is 0 Å². The van der Waals surface area contributed by atoms with Gasteiger partial charge in [0.05, 0.1) is 18.7 Å². The number of carboxylic acid groups (broad SMARTS) is 1. The van der Waals surface area contributed by atoms with Gasteiger partial charge in [0.1, 0.15) is 0 Å². The number of aliphatic carboxylic acids is 1. The molecule has 8 nitrogen and oxygen atoms in total. The molecule has 0 aromatic carbocycles. The zero-order valence-corrected chi connectivity index (χ0v) is 11.3. The second-order valence-corrected chi connectivity index (χ2v) is 6.41. The number of carboxylic acids is 1. The fourth-order valence-electron chi connectivity index (χ4n) is 2.11. The predicted molar refractivity (Wildman–Crippen MR) is 63.8 cm³/mol. The summed E-state index contributed by atoms with van der Waals surface area (Å²) in [6.45, 7) is 0.447. The van der Waals surface area contributed by atoms with E-state index in [9.17, 15) is 13.2 Å². The fraction of sp³-hybridized carbons (Fsp3) is 0.700. The maximum atomic E-state index is 11.6. The Morgan fingerprint density at radius 2 is 2.32 bits per heavy atom. The molecule has 0 radical (unpaired) electrons. The smallest absolute Gasteiger partial charge is 0.303 e. The molecule has 1 aromatic rings. The Labute approximate surface area is 110 Å². The molecule has 1 unspecified atom stereocenters. The van der Waals surface area contributed by atoms with E-state index in [-0.39, 0.29) is 18.7 Å². The van der Waals surface area contributed by atoms with E-state index in [2.05, 4.69) is 10.1 Å². The molecule has 1 fully saturated rings. The monoisotopic (exact) mass is 289 g/mol. The maximum absolute atomic E-state index is 11.6. The van der Waals surface area contributed by atoms with Crippen LogP contribution in [-0.2, 0) is 21.2 Å². The van der Waals surface area contributed by atoms with Gasteiger partial charge in [-0.05, 0) is 12.8 Å². The van der Waals surface area contributed by atoms with Crippen molar-refractivity contribution >= 4 is 16.0 Å². The molecule has 0 aliphatic carbocycles. The highest BCUT2D eigenvalue weighted by atomic mass is 32.2. The molecule has 1 aliphatic rings. The van der Waals surface area contributed by atoms with Gasteiger partial charge >= 0.3 is 5.97 Å². The number of aryl methyl sites for hydroxylation is 1. The van der Waals surface area contributed by atoms with Crippen molar-refractivity contribution in [3.63, 3.8) is 0 Å². The molecule has 0 amide bonds. The molecule has 0 spiro atoms. The minimum absolute atomic E-state index is 0.0951. The molecule has 0 saturated carbocycles. The third-order valence-electron chi connectivity index (χ3n) is 2.96. The Hall–Kier alpha value is -1.48. The number of nitrogens with zero attached hydrogens (tertiary/aromatic N) is 3. The molecule has 2 heterocycles. The number of sulfonamides is 1. The summed E-state index contributed by atoms with van der Waals surface area (Å²) in [4.78, 5) is 14.5. The first-order chi connectivity index (χ1) is 8.88. The molecular weight excluding hydrogens is 274 g/mol. The Bertz CT molecular complexity index is 567. The molecule has 1 aromatic heterocycles. The Morgan fingerprint density at radius 1 is 1.58 bits per heavy atom. The molecule has 2 rings (SSSR count). The lowest BCUT2D eigenvalue weighted by Crippen LogP contribution is -2.30. The van der Waals surface area contributed by atoms with Gasteiger partial charge in [0.2, 0.25) is 15.9 Å². The van der Waals surface area contributed by atoms with E-state index in [4.69, 9.17) is 9.63 Å². The van der Waals surface area contributed by atoms with Gasteiger partial charge in [-0.25, -0.2) is 8.42 Å². The summed E-state index contributed by atoms with van der Waals surface area (Å²) >= 11 is 0. The summed E-state index contributed by atoms with van der Waals surface area (Å²) in [7, 11) is -3.30. The van der Waals surface area contributed by atoms with Crippen molar-refractivity contribution in [2.45, 2.75) is 31.7 Å². The third-order valence-corrected chi connectivity index (χ3v) is 4.25. The second kappa shape index (κ2) is 5.25. The van der Waals surface area contributed by atoms with Crippen LogP contribution in [0.2, 0.25) is 0 Å². The Morgan fingerprint density at radius 3 is 2.95 bits per heavy atom. The van der Waals surface area contributed by atoms with Gasteiger partial charge in [0.15, 0.2) is 5.82 Å². The van der Waals surface area contributed by atoms with Gasteiger partial charge in [-0.2, -0.15) is 9.29 Å². The largest absolute Gasteiger partial charge is 0.481 e. The summed E-state index contributed by atoms with van der Waals surface area (Å²) in [5, 5.41) is 12.3. The molecule has 1 N–H and O–H groups in total. The maximum Gasteiger partial charge on any atom is 0.303 e. The van der Waals surface area contributed by atoms with Crippen molar-refractivity contribution in [3.8, 4) is 0 Å². The van der Waals surface area contributed by atoms with E-state index >= 15 is 0 Å². The van der Waals surface area contributed by atoms with Crippen LogP contribution in [0.1, 0.15) is 37.0 Å². The zero-order valence-electron chi connectivity index (χ0n) is 10.4. The van der Waals surface area contributed by atoms with Crippen molar-refractivity contribution in [1.29, 1.82) is 0 Å². The third kappa shape index (κ3) is 3.29. The number of hydrogen-bond donors (Lipinski definition) is 1. The van der Waals surface area contributed by atoms with Gasteiger partial charge in [0, 0.05) is 13.0 Å². The molecular formula is C10H15N3O5S. The van der Waals surface area contributed by atoms with Crippen LogP contribution >= 0.6 is 0 Å². The van der Waals surface area contributed by atoms with E-state index in [0.29, 0.717) is 18.8 Å². The van der Waals surface area contributed by atoms with Crippen LogP contribution in [0.5, 0.6) is 0 Å². The first kappa shape index (κ1) is 13.9. The van der Waals surface area contributed by atoms with Gasteiger partial charge in [0.25, 0.3) is 0 Å². The molecule has 1 saturated heterocycles. The molecule has 19 heavy (non-hydrogen) atoms. The standard InChI is InChI=1S/C10H15N3O5S/c1-19(16,17)13-6-2-3-7(13)10-11-8(18-12-10)4-5-9(14)15/h7H,2-6H2,1H3,(H,14,15). The van der Waals surface area contributed by atoms with Crippen LogP contribution in [0.4, 0.5) is 0 Å². The average molecular weight is 289 g/mol. The van der Waals surface area contributed by atoms with E-state index in [1.54, 1.807) is 0 Å². The summed E-state index contributed by atoms with van der Waals surface area (Å²) in [5.74, 6) is -0.417. The number of rotatable bonds is 5. The Kier molecular flexibility index (Phi) is 3.85. The van der Waals surface area contributed by atoms with Crippen molar-refractivity contribution in [2.75, 3.05) is 12.8 Å². The highest BCUT2D eigenvalue weighted by molar-refractivity contribution is 7.88. The number of hydrogen-bond acceptors (Lipinski definition) is 6. The number of carbonyl (C=O) groups is 1. The molecule has 1 aliphatic heterocycles. The summed E-state index contributed by atoms with van der Waals surface area (Å²) < 4.78 is 29.5. The van der Waals surface area contributed by atoms with Gasteiger partial charge < -0.3 is 9.63 Å². The minimum atomic E-state index is -3.30. The highest BCUT2D eigenvalue weighted by Gasteiger charge is 2.35. The van der Waals surface area contributed by atoms with Crippen LogP contribution in [0.3, 0.4) is 0 Å². The molecule has 1 atom stereocenters. The van der Waals surface area contributed by atoms with Crippen molar-refractivity contribution in [1.82, 2.24) is 14.4 Å². The van der Waals surface area contributed by atoms with Gasteiger partial charge in [-0.3, -0.25) is 4.79 Å². The average Bonchev–Trinajstić information content (AvgIpc) is 2.93. The minimum Gasteiger partial charge on any atom is -0.481 e. The lowest BCUT2D eigenvalue weighted by Gasteiger charge is -2.18. The quantitative estimate of drug-likeness (QED) is 0.822. The lowest BCUT2D eigenvalue weighted by atomic mass is 10.2. The van der Waals surface area contributed by atoms with Crippen molar-refractivity contribution in [2.24, 2.45) is 0 Å². The van der Waals surface area contributed by atoms with Crippen molar-refractivity contribution < 1.29 is 22.8 Å². The zero-order chi connectivity index (χ0) is 14.0. The highest BCUT2D eigenvalue weighted by Crippen LogP contribution is 2.32. The van der Waals surface area contributed by atoms with Gasteiger partial charge in [-0.1, -0.05) is 5.16 Å². The van der Waals surface area contributed by atoms with Crippen LogP contribution in [-0.4, -0.2) is 46.7 Å². The normalized spacial score (nSPS) is 20.8. The Balaban J connectivity index is 2.11. The lowest BCUT2D eigenvalue weighted by molar-refractivity contribution is -0.137.